The quantitative estimate of drug-likeness (QED) is 0.656. The number of ether oxygens (including phenoxy) is 1. The monoisotopic (exact) mass is 234 g/mol. The van der Waals surface area contributed by atoms with Crippen LogP contribution in [0.1, 0.15) is 32.6 Å². The van der Waals surface area contributed by atoms with Crippen molar-refractivity contribution >= 4 is 8.80 Å². The minimum atomic E-state index is -2.61. The molecule has 0 aliphatic heterocycles. The van der Waals surface area contributed by atoms with Gasteiger partial charge in [0.15, 0.2) is 0 Å². The molecule has 0 bridgehead atoms. The Balaban J connectivity index is 2.51. The van der Waals surface area contributed by atoms with Crippen LogP contribution in [0.15, 0.2) is 0 Å². The zero-order chi connectivity index (χ0) is 11.3. The van der Waals surface area contributed by atoms with Crippen molar-refractivity contribution in [3.05, 3.63) is 0 Å². The highest BCUT2D eigenvalue weighted by atomic mass is 28.4. The molecule has 1 unspecified atom stereocenters. The highest BCUT2D eigenvalue weighted by Gasteiger charge is 2.47. The summed E-state index contributed by atoms with van der Waals surface area (Å²) in [7, 11) is 2.25. The number of rotatable bonds is 6. The average molecular weight is 234 g/mol. The molecule has 1 aliphatic rings. The van der Waals surface area contributed by atoms with Gasteiger partial charge < -0.3 is 18.0 Å². The fourth-order valence-electron chi connectivity index (χ4n) is 2.14. The van der Waals surface area contributed by atoms with Gasteiger partial charge in [0.05, 0.1) is 6.10 Å². The lowest BCUT2D eigenvalue weighted by atomic mass is 10.3. The minimum Gasteiger partial charge on any atom is -0.375 e. The van der Waals surface area contributed by atoms with Gasteiger partial charge in [0.2, 0.25) is 0 Å². The Morgan fingerprint density at radius 2 is 1.47 bits per heavy atom. The fraction of sp³-hybridized carbons (Fsp3) is 1.00. The second-order valence-corrected chi connectivity index (χ2v) is 7.15. The van der Waals surface area contributed by atoms with Gasteiger partial charge in [0, 0.05) is 21.3 Å². The first-order chi connectivity index (χ1) is 7.18. The summed E-state index contributed by atoms with van der Waals surface area (Å²) in [5.74, 6) is 0. The lowest BCUT2D eigenvalue weighted by Crippen LogP contribution is -2.55. The molecule has 4 nitrogen and oxygen atoms in total. The largest absolute Gasteiger partial charge is 0.530 e. The Labute approximate surface area is 93.2 Å². The molecule has 0 aromatic carbocycles. The summed E-state index contributed by atoms with van der Waals surface area (Å²) in [4.78, 5) is 0. The van der Waals surface area contributed by atoms with E-state index in [0.29, 0.717) is 6.10 Å². The van der Waals surface area contributed by atoms with E-state index in [4.69, 9.17) is 18.0 Å². The molecule has 0 aromatic heterocycles. The van der Waals surface area contributed by atoms with E-state index in [9.17, 15) is 0 Å². The molecule has 1 aliphatic carbocycles. The summed E-state index contributed by atoms with van der Waals surface area (Å²) >= 11 is 0. The maximum absolute atomic E-state index is 5.94. The molecule has 1 fully saturated rings. The van der Waals surface area contributed by atoms with Gasteiger partial charge in [0.1, 0.15) is 5.73 Å². The summed E-state index contributed by atoms with van der Waals surface area (Å²) in [5, 5.41) is 0. The van der Waals surface area contributed by atoms with Crippen LogP contribution in [0.25, 0.3) is 0 Å². The molecule has 0 saturated heterocycles. The van der Waals surface area contributed by atoms with Crippen molar-refractivity contribution in [1.29, 1.82) is 0 Å². The van der Waals surface area contributed by atoms with Crippen molar-refractivity contribution in [3.8, 4) is 0 Å². The van der Waals surface area contributed by atoms with Crippen LogP contribution in [-0.4, -0.2) is 42.0 Å². The number of hydrogen-bond acceptors (Lipinski definition) is 4. The van der Waals surface area contributed by atoms with Crippen molar-refractivity contribution in [2.75, 3.05) is 21.3 Å². The van der Waals surface area contributed by atoms with Gasteiger partial charge in [0.25, 0.3) is 0 Å². The third-order valence-corrected chi connectivity index (χ3v) is 5.89. The van der Waals surface area contributed by atoms with Gasteiger partial charge in [-0.05, 0) is 19.8 Å². The van der Waals surface area contributed by atoms with Crippen molar-refractivity contribution in [3.63, 3.8) is 0 Å². The van der Waals surface area contributed by atoms with Gasteiger partial charge in [-0.1, -0.05) is 12.8 Å². The van der Waals surface area contributed by atoms with Gasteiger partial charge >= 0.3 is 8.80 Å². The van der Waals surface area contributed by atoms with E-state index < -0.39 is 8.80 Å². The van der Waals surface area contributed by atoms with E-state index >= 15 is 0 Å². The highest BCUT2D eigenvalue weighted by molar-refractivity contribution is 6.61. The van der Waals surface area contributed by atoms with E-state index in [-0.39, 0.29) is 5.73 Å². The van der Waals surface area contributed by atoms with Crippen molar-refractivity contribution in [2.45, 2.75) is 44.4 Å². The Hall–Kier alpha value is 0.0569. The molecular weight excluding hydrogens is 212 g/mol. The van der Waals surface area contributed by atoms with E-state index in [0.717, 1.165) is 12.8 Å². The standard InChI is InChI=1S/C10H22O4Si/c1-9(14-10-7-5-6-8-10)15(11-2,12-3)13-4/h9-10H,5-8H2,1-4H3. The van der Waals surface area contributed by atoms with Gasteiger partial charge in [-0.25, -0.2) is 0 Å². The first-order valence-corrected chi connectivity index (χ1v) is 7.29. The van der Waals surface area contributed by atoms with Crippen molar-refractivity contribution in [2.24, 2.45) is 0 Å². The summed E-state index contributed by atoms with van der Waals surface area (Å²) < 4.78 is 22.1. The third kappa shape index (κ3) is 3.01. The summed E-state index contributed by atoms with van der Waals surface area (Å²) in [5.41, 5.74) is -0.0967. The normalized spacial score (nSPS) is 20.8. The topological polar surface area (TPSA) is 36.9 Å². The zero-order valence-corrected chi connectivity index (χ0v) is 11.1. The van der Waals surface area contributed by atoms with E-state index in [1.165, 1.54) is 12.8 Å². The average Bonchev–Trinajstić information content (AvgIpc) is 2.74. The predicted octanol–water partition coefficient (Wildman–Crippen LogP) is 1.75. The molecule has 0 heterocycles. The Morgan fingerprint density at radius 1 is 1.00 bits per heavy atom. The van der Waals surface area contributed by atoms with Crippen LogP contribution >= 0.6 is 0 Å². The van der Waals surface area contributed by atoms with Crippen LogP contribution in [-0.2, 0) is 18.0 Å². The van der Waals surface area contributed by atoms with Crippen LogP contribution in [0.4, 0.5) is 0 Å². The Bertz CT molecular complexity index is 170. The van der Waals surface area contributed by atoms with E-state index in [1.54, 1.807) is 21.3 Å². The predicted molar refractivity (Wildman–Crippen MR) is 59.6 cm³/mol. The highest BCUT2D eigenvalue weighted by Crippen LogP contribution is 2.25. The van der Waals surface area contributed by atoms with Gasteiger partial charge in [-0.2, -0.15) is 0 Å². The van der Waals surface area contributed by atoms with Crippen LogP contribution in [0, 0.1) is 0 Å². The molecule has 5 heteroatoms. The van der Waals surface area contributed by atoms with E-state index in [1.807, 2.05) is 6.92 Å². The first-order valence-electron chi connectivity index (χ1n) is 5.49. The SMILES string of the molecule is CO[Si](OC)(OC)C(C)OC1CCCC1. The molecule has 1 saturated carbocycles. The smallest absolute Gasteiger partial charge is 0.375 e. The first kappa shape index (κ1) is 13.1. The fourth-order valence-corrected chi connectivity index (χ4v) is 4.00. The molecule has 0 N–H and O–H groups in total. The summed E-state index contributed by atoms with van der Waals surface area (Å²) in [6.07, 6.45) is 5.17. The van der Waals surface area contributed by atoms with E-state index in [2.05, 4.69) is 0 Å². The second-order valence-electron chi connectivity index (χ2n) is 3.90. The zero-order valence-electron chi connectivity index (χ0n) is 10.1. The molecule has 0 aromatic rings. The van der Waals surface area contributed by atoms with Gasteiger partial charge in [-0.15, -0.1) is 0 Å². The molecule has 1 rings (SSSR count). The van der Waals surface area contributed by atoms with Crippen LogP contribution in [0.3, 0.4) is 0 Å². The molecule has 0 radical (unpaired) electrons. The molecule has 15 heavy (non-hydrogen) atoms. The second kappa shape index (κ2) is 5.96. The Morgan fingerprint density at radius 3 is 1.87 bits per heavy atom. The summed E-state index contributed by atoms with van der Waals surface area (Å²) in [6.45, 7) is 1.97. The van der Waals surface area contributed by atoms with Crippen LogP contribution in [0.2, 0.25) is 0 Å². The lowest BCUT2D eigenvalue weighted by molar-refractivity contribution is -0.0171. The lowest BCUT2D eigenvalue weighted by Gasteiger charge is -2.31. The minimum absolute atomic E-state index is 0.0967. The van der Waals surface area contributed by atoms with Crippen LogP contribution < -0.4 is 0 Å². The van der Waals surface area contributed by atoms with Crippen molar-refractivity contribution in [1.82, 2.24) is 0 Å². The summed E-state index contributed by atoms with van der Waals surface area (Å²) in [6, 6.07) is 0. The molecular formula is C10H22O4Si. The molecule has 90 valence electrons. The molecule has 0 amide bonds. The van der Waals surface area contributed by atoms with Crippen LogP contribution in [0.5, 0.6) is 0 Å². The molecule has 0 spiro atoms. The number of hydrogen-bond donors (Lipinski definition) is 0. The molecule has 1 atom stereocenters. The van der Waals surface area contributed by atoms with Crippen molar-refractivity contribution < 1.29 is 18.0 Å². The Kier molecular flexibility index (Phi) is 5.21. The van der Waals surface area contributed by atoms with Gasteiger partial charge in [-0.3, -0.25) is 0 Å². The maximum atomic E-state index is 5.94. The maximum Gasteiger partial charge on any atom is 0.530 e. The third-order valence-electron chi connectivity index (χ3n) is 3.05.